The lowest BCUT2D eigenvalue weighted by atomic mass is 10.0. The monoisotopic (exact) mass is 211 g/mol. The number of hydrogen-bond acceptors (Lipinski definition) is 3. The number of nitrogens with zero attached hydrogens (tertiary/aromatic N) is 1. The maximum Gasteiger partial charge on any atom is 0.0556 e. The Morgan fingerprint density at radius 2 is 1.69 bits per heavy atom. The van der Waals surface area contributed by atoms with Gasteiger partial charge < -0.3 is 0 Å². The van der Waals surface area contributed by atoms with Crippen molar-refractivity contribution in [2.75, 3.05) is 0 Å². The molecule has 0 fully saturated rings. The first-order chi connectivity index (χ1) is 7.90. The molecule has 0 saturated carbocycles. The molecule has 0 saturated heterocycles. The Morgan fingerprint density at radius 3 is 2.44 bits per heavy atom. The molecule has 0 aliphatic heterocycles. The minimum absolute atomic E-state index is 1.01. The fourth-order valence-corrected chi connectivity index (χ4v) is 1.54. The standard InChI is InChI=1S/C13H13N3/c14-16-15-10-11-5-4-8-13(9-11)12-6-2-1-3-7-12/h1-10,16H,14H2/b15-10+. The Balaban J connectivity index is 2.33. The summed E-state index contributed by atoms with van der Waals surface area (Å²) in [5, 5.41) is 3.78. The van der Waals surface area contributed by atoms with E-state index in [0.29, 0.717) is 0 Å². The third kappa shape index (κ3) is 2.46. The van der Waals surface area contributed by atoms with E-state index < -0.39 is 0 Å². The third-order valence-electron chi connectivity index (χ3n) is 2.28. The molecular weight excluding hydrogens is 198 g/mol. The first-order valence-corrected chi connectivity index (χ1v) is 5.04. The van der Waals surface area contributed by atoms with Crippen LogP contribution in [0.4, 0.5) is 0 Å². The first-order valence-electron chi connectivity index (χ1n) is 5.04. The summed E-state index contributed by atoms with van der Waals surface area (Å²) in [6.45, 7) is 0. The molecular formula is C13H13N3. The maximum atomic E-state index is 5.08. The van der Waals surface area contributed by atoms with Gasteiger partial charge in [0.2, 0.25) is 0 Å². The maximum absolute atomic E-state index is 5.08. The highest BCUT2D eigenvalue weighted by Gasteiger charge is 1.96. The molecule has 80 valence electrons. The van der Waals surface area contributed by atoms with Crippen molar-refractivity contribution < 1.29 is 0 Å². The molecule has 0 aliphatic carbocycles. The van der Waals surface area contributed by atoms with E-state index in [1.54, 1.807) is 6.21 Å². The quantitative estimate of drug-likeness (QED) is 0.464. The molecule has 3 nitrogen and oxygen atoms in total. The van der Waals surface area contributed by atoms with Gasteiger partial charge in [0.15, 0.2) is 0 Å². The Morgan fingerprint density at radius 1 is 0.938 bits per heavy atom. The molecule has 2 aromatic rings. The lowest BCUT2D eigenvalue weighted by Crippen LogP contribution is -2.13. The van der Waals surface area contributed by atoms with Gasteiger partial charge in [-0.25, -0.2) is 11.4 Å². The van der Waals surface area contributed by atoms with Crippen LogP contribution in [0.1, 0.15) is 5.56 Å². The normalized spacial score (nSPS) is 10.6. The summed E-state index contributed by atoms with van der Waals surface area (Å²) in [5.74, 6) is 5.08. The molecule has 0 amide bonds. The van der Waals surface area contributed by atoms with Crippen LogP contribution in [0.15, 0.2) is 59.7 Å². The highest BCUT2D eigenvalue weighted by molar-refractivity contribution is 5.82. The zero-order valence-electron chi connectivity index (χ0n) is 8.80. The molecule has 3 N–H and O–H groups in total. The number of nitrogens with one attached hydrogen (secondary N) is 1. The summed E-state index contributed by atoms with van der Waals surface area (Å²) < 4.78 is 0. The van der Waals surface area contributed by atoms with Crippen LogP contribution in [-0.4, -0.2) is 6.21 Å². The fraction of sp³-hybridized carbons (Fsp3) is 0. The van der Waals surface area contributed by atoms with Crippen molar-refractivity contribution >= 4 is 6.21 Å². The predicted molar refractivity (Wildman–Crippen MR) is 66.8 cm³/mol. The van der Waals surface area contributed by atoms with Crippen LogP contribution < -0.4 is 11.4 Å². The predicted octanol–water partition coefficient (Wildman–Crippen LogP) is 2.15. The summed E-state index contributed by atoms with van der Waals surface area (Å²) in [7, 11) is 0. The third-order valence-corrected chi connectivity index (χ3v) is 2.28. The van der Waals surface area contributed by atoms with Crippen molar-refractivity contribution in [3.05, 3.63) is 60.2 Å². The molecule has 0 spiro atoms. The largest absolute Gasteiger partial charge is 0.246 e. The zero-order chi connectivity index (χ0) is 11.2. The van der Waals surface area contributed by atoms with Crippen molar-refractivity contribution in [2.45, 2.75) is 0 Å². The molecule has 2 aromatic carbocycles. The molecule has 0 radical (unpaired) electrons. The van der Waals surface area contributed by atoms with Crippen LogP contribution >= 0.6 is 0 Å². The molecule has 2 rings (SSSR count). The summed E-state index contributed by atoms with van der Waals surface area (Å²) in [5.41, 5.74) is 5.62. The minimum atomic E-state index is 1.01. The van der Waals surface area contributed by atoms with Crippen molar-refractivity contribution in [2.24, 2.45) is 10.9 Å². The molecule has 0 unspecified atom stereocenters. The number of hydrazine groups is 1. The van der Waals surface area contributed by atoms with Crippen LogP contribution in [-0.2, 0) is 0 Å². The zero-order valence-corrected chi connectivity index (χ0v) is 8.80. The van der Waals surface area contributed by atoms with Gasteiger partial charge in [-0.05, 0) is 22.8 Å². The highest BCUT2D eigenvalue weighted by Crippen LogP contribution is 2.19. The number of hydrazone groups is 1. The number of hydrogen-bond donors (Lipinski definition) is 2. The summed E-state index contributed by atoms with van der Waals surface area (Å²) in [6.07, 6.45) is 1.69. The molecule has 0 aliphatic rings. The Hall–Kier alpha value is -2.13. The topological polar surface area (TPSA) is 50.4 Å². The number of nitrogens with two attached hydrogens (primary N) is 1. The lowest BCUT2D eigenvalue weighted by molar-refractivity contribution is 0.811. The van der Waals surface area contributed by atoms with E-state index >= 15 is 0 Å². The van der Waals surface area contributed by atoms with Gasteiger partial charge in [0.1, 0.15) is 0 Å². The second-order valence-corrected chi connectivity index (χ2v) is 3.38. The summed E-state index contributed by atoms with van der Waals surface area (Å²) in [4.78, 5) is 0. The average Bonchev–Trinajstić information content (AvgIpc) is 2.38. The highest BCUT2D eigenvalue weighted by atomic mass is 15.5. The van der Waals surface area contributed by atoms with Gasteiger partial charge in [-0.3, -0.25) is 0 Å². The Bertz CT molecular complexity index is 478. The van der Waals surface area contributed by atoms with E-state index in [1.165, 1.54) is 11.1 Å². The molecule has 0 aromatic heterocycles. The second-order valence-electron chi connectivity index (χ2n) is 3.38. The van der Waals surface area contributed by atoms with Gasteiger partial charge in [-0.2, -0.15) is 5.10 Å². The van der Waals surface area contributed by atoms with Gasteiger partial charge in [0.25, 0.3) is 0 Å². The van der Waals surface area contributed by atoms with Crippen molar-refractivity contribution in [3.8, 4) is 11.1 Å². The van der Waals surface area contributed by atoms with E-state index in [0.717, 1.165) is 5.56 Å². The van der Waals surface area contributed by atoms with Gasteiger partial charge in [-0.1, -0.05) is 48.5 Å². The van der Waals surface area contributed by atoms with Crippen LogP contribution in [0.3, 0.4) is 0 Å². The number of rotatable bonds is 3. The van der Waals surface area contributed by atoms with Gasteiger partial charge >= 0.3 is 0 Å². The van der Waals surface area contributed by atoms with Crippen molar-refractivity contribution in [1.82, 2.24) is 5.53 Å². The van der Waals surface area contributed by atoms with Crippen molar-refractivity contribution in [1.29, 1.82) is 0 Å². The molecule has 16 heavy (non-hydrogen) atoms. The fourth-order valence-electron chi connectivity index (χ4n) is 1.54. The molecule has 3 heteroatoms. The van der Waals surface area contributed by atoms with E-state index in [9.17, 15) is 0 Å². The van der Waals surface area contributed by atoms with Gasteiger partial charge in [0.05, 0.1) is 6.21 Å². The average molecular weight is 211 g/mol. The van der Waals surface area contributed by atoms with E-state index in [1.807, 2.05) is 30.3 Å². The molecule has 0 heterocycles. The van der Waals surface area contributed by atoms with Crippen LogP contribution in [0.2, 0.25) is 0 Å². The van der Waals surface area contributed by atoms with Crippen molar-refractivity contribution in [3.63, 3.8) is 0 Å². The SMILES string of the molecule is NN/N=C/c1cccc(-c2ccccc2)c1. The summed E-state index contributed by atoms with van der Waals surface area (Å²) >= 11 is 0. The van der Waals surface area contributed by atoms with Crippen LogP contribution in [0.25, 0.3) is 11.1 Å². The number of benzene rings is 2. The van der Waals surface area contributed by atoms with E-state index in [-0.39, 0.29) is 0 Å². The minimum Gasteiger partial charge on any atom is -0.246 e. The smallest absolute Gasteiger partial charge is 0.0556 e. The van der Waals surface area contributed by atoms with Gasteiger partial charge in [-0.15, -0.1) is 0 Å². The lowest BCUT2D eigenvalue weighted by Gasteiger charge is -2.02. The molecule has 0 atom stereocenters. The van der Waals surface area contributed by atoms with E-state index in [2.05, 4.69) is 34.9 Å². The Labute approximate surface area is 94.6 Å². The Kier molecular flexibility index (Phi) is 3.31. The molecule has 0 bridgehead atoms. The van der Waals surface area contributed by atoms with Crippen LogP contribution in [0, 0.1) is 0 Å². The first kappa shape index (κ1) is 10.4. The summed E-state index contributed by atoms with van der Waals surface area (Å²) in [6, 6.07) is 18.3. The second kappa shape index (κ2) is 5.09. The van der Waals surface area contributed by atoms with Gasteiger partial charge in [0, 0.05) is 0 Å². The van der Waals surface area contributed by atoms with E-state index in [4.69, 9.17) is 5.84 Å². The van der Waals surface area contributed by atoms with Crippen LogP contribution in [0.5, 0.6) is 0 Å².